The number of benzene rings is 2. The van der Waals surface area contributed by atoms with Crippen molar-refractivity contribution in [2.45, 2.75) is 38.5 Å². The predicted octanol–water partition coefficient (Wildman–Crippen LogP) is 3.89. The lowest BCUT2D eigenvalue weighted by atomic mass is 10.0. The maximum absolute atomic E-state index is 13.4. The van der Waals surface area contributed by atoms with E-state index in [2.05, 4.69) is 17.0 Å². The van der Waals surface area contributed by atoms with Crippen LogP contribution in [-0.4, -0.2) is 65.8 Å². The number of anilines is 1. The van der Waals surface area contributed by atoms with Crippen molar-refractivity contribution in [3.63, 3.8) is 0 Å². The minimum atomic E-state index is -0.456. The summed E-state index contributed by atoms with van der Waals surface area (Å²) in [5.41, 5.74) is 2.32. The van der Waals surface area contributed by atoms with Gasteiger partial charge in [-0.3, -0.25) is 19.7 Å². The fraction of sp³-hybridized carbons (Fsp3) is 0.462. The third-order valence-electron chi connectivity index (χ3n) is 6.74. The molecule has 2 aliphatic heterocycles. The van der Waals surface area contributed by atoms with E-state index >= 15 is 0 Å². The zero-order valence-electron chi connectivity index (χ0n) is 19.5. The first-order valence-electron chi connectivity index (χ1n) is 12.2. The molecule has 2 heterocycles. The van der Waals surface area contributed by atoms with Crippen LogP contribution < -0.4 is 4.90 Å². The van der Waals surface area contributed by atoms with Crippen LogP contribution in [0.5, 0.6) is 0 Å². The highest BCUT2D eigenvalue weighted by Gasteiger charge is 2.28. The van der Waals surface area contributed by atoms with E-state index in [1.165, 1.54) is 17.7 Å². The molecule has 0 bridgehead atoms. The number of rotatable bonds is 7. The fourth-order valence-corrected chi connectivity index (χ4v) is 4.80. The Morgan fingerprint density at radius 3 is 2.21 bits per heavy atom. The van der Waals surface area contributed by atoms with Crippen LogP contribution in [0, 0.1) is 10.1 Å². The van der Waals surface area contributed by atoms with E-state index in [9.17, 15) is 19.7 Å². The van der Waals surface area contributed by atoms with Crippen LogP contribution in [0.15, 0.2) is 48.5 Å². The topological polar surface area (TPSA) is 87.0 Å². The van der Waals surface area contributed by atoms with E-state index in [1.807, 2.05) is 23.1 Å². The summed E-state index contributed by atoms with van der Waals surface area (Å²) >= 11 is 0. The van der Waals surface area contributed by atoms with Crippen molar-refractivity contribution in [2.75, 3.05) is 44.2 Å². The van der Waals surface area contributed by atoms with Gasteiger partial charge in [0.05, 0.1) is 16.2 Å². The molecule has 0 saturated carbocycles. The minimum absolute atomic E-state index is 0.0728. The molecule has 2 fully saturated rings. The van der Waals surface area contributed by atoms with E-state index in [0.29, 0.717) is 38.2 Å². The number of amides is 2. The molecule has 180 valence electrons. The molecule has 4 rings (SSSR count). The lowest BCUT2D eigenvalue weighted by Gasteiger charge is -2.36. The number of carbonyl (C=O) groups excluding carboxylic acids is 2. The van der Waals surface area contributed by atoms with Crippen LogP contribution in [0.4, 0.5) is 11.4 Å². The Morgan fingerprint density at radius 2 is 1.53 bits per heavy atom. The largest absolute Gasteiger partial charge is 0.371 e. The summed E-state index contributed by atoms with van der Waals surface area (Å²) in [6, 6.07) is 14.7. The highest BCUT2D eigenvalue weighted by molar-refractivity contribution is 6.00. The third kappa shape index (κ3) is 5.73. The maximum atomic E-state index is 13.4. The molecule has 0 N–H and O–H groups in total. The first kappa shape index (κ1) is 23.7. The number of non-ortho nitro benzene ring substituents is 1. The summed E-state index contributed by atoms with van der Waals surface area (Å²) in [6.45, 7) is 3.55. The Kier molecular flexibility index (Phi) is 7.77. The summed E-state index contributed by atoms with van der Waals surface area (Å²) in [6.07, 6.45) is 5.43. The van der Waals surface area contributed by atoms with Gasteiger partial charge in [0.25, 0.3) is 11.6 Å². The summed E-state index contributed by atoms with van der Waals surface area (Å²) in [4.78, 5) is 42.7. The number of aryl methyl sites for hydroxylation is 1. The van der Waals surface area contributed by atoms with E-state index in [0.717, 1.165) is 50.9 Å². The molecule has 2 aromatic carbocycles. The Labute approximate surface area is 200 Å². The molecule has 34 heavy (non-hydrogen) atoms. The van der Waals surface area contributed by atoms with Gasteiger partial charge in [-0.25, -0.2) is 0 Å². The second-order valence-corrected chi connectivity index (χ2v) is 9.02. The number of nitro benzene ring substituents is 1. The highest BCUT2D eigenvalue weighted by Crippen LogP contribution is 2.29. The van der Waals surface area contributed by atoms with E-state index in [-0.39, 0.29) is 17.5 Å². The SMILES string of the molecule is O=C(CCCc1ccccc1)N1CCN(C(=O)c2cc([N+](=O)[O-])ccc2N2CCCCC2)CC1. The van der Waals surface area contributed by atoms with Crippen molar-refractivity contribution < 1.29 is 14.5 Å². The van der Waals surface area contributed by atoms with Crippen LogP contribution in [0.25, 0.3) is 0 Å². The first-order valence-corrected chi connectivity index (χ1v) is 12.2. The first-order chi connectivity index (χ1) is 16.5. The van der Waals surface area contributed by atoms with Crippen molar-refractivity contribution in [3.8, 4) is 0 Å². The number of hydrogen-bond donors (Lipinski definition) is 0. The van der Waals surface area contributed by atoms with Gasteiger partial charge < -0.3 is 14.7 Å². The van der Waals surface area contributed by atoms with Crippen LogP contribution >= 0.6 is 0 Å². The molecule has 0 aromatic heterocycles. The molecule has 2 aliphatic rings. The summed E-state index contributed by atoms with van der Waals surface area (Å²) in [7, 11) is 0. The van der Waals surface area contributed by atoms with Crippen LogP contribution in [0.3, 0.4) is 0 Å². The number of piperazine rings is 1. The summed E-state index contributed by atoms with van der Waals surface area (Å²) < 4.78 is 0. The van der Waals surface area contributed by atoms with E-state index in [4.69, 9.17) is 0 Å². The van der Waals surface area contributed by atoms with Gasteiger partial charge in [0, 0.05) is 57.8 Å². The third-order valence-corrected chi connectivity index (χ3v) is 6.74. The van der Waals surface area contributed by atoms with Crippen LogP contribution in [-0.2, 0) is 11.2 Å². The zero-order chi connectivity index (χ0) is 23.9. The second-order valence-electron chi connectivity index (χ2n) is 9.02. The molecule has 8 heteroatoms. The molecule has 2 aromatic rings. The van der Waals surface area contributed by atoms with Gasteiger partial charge in [-0.05, 0) is 43.7 Å². The molecule has 0 atom stereocenters. The Morgan fingerprint density at radius 1 is 0.853 bits per heavy atom. The Bertz CT molecular complexity index is 1010. The predicted molar refractivity (Wildman–Crippen MR) is 131 cm³/mol. The standard InChI is InChI=1S/C26H32N4O4/c31-25(11-7-10-21-8-3-1-4-9-21)28-16-18-29(19-17-28)26(32)23-20-22(30(33)34)12-13-24(23)27-14-5-2-6-15-27/h1,3-4,8-9,12-13,20H,2,5-7,10-11,14-19H2. The molecule has 8 nitrogen and oxygen atoms in total. The highest BCUT2D eigenvalue weighted by atomic mass is 16.6. The minimum Gasteiger partial charge on any atom is -0.371 e. The Balaban J connectivity index is 1.36. The monoisotopic (exact) mass is 464 g/mol. The van der Waals surface area contributed by atoms with Crippen molar-refractivity contribution >= 4 is 23.2 Å². The van der Waals surface area contributed by atoms with E-state index < -0.39 is 4.92 Å². The quantitative estimate of drug-likeness (QED) is 0.458. The molecule has 0 spiro atoms. The fourth-order valence-electron chi connectivity index (χ4n) is 4.80. The van der Waals surface area contributed by atoms with Crippen LogP contribution in [0.1, 0.15) is 48.0 Å². The molecule has 2 saturated heterocycles. The van der Waals surface area contributed by atoms with Crippen molar-refractivity contribution in [3.05, 3.63) is 69.8 Å². The molecule has 0 unspecified atom stereocenters. The maximum Gasteiger partial charge on any atom is 0.270 e. The van der Waals surface area contributed by atoms with E-state index in [1.54, 1.807) is 11.0 Å². The van der Waals surface area contributed by atoms with Gasteiger partial charge in [0.1, 0.15) is 0 Å². The number of nitrogens with zero attached hydrogens (tertiary/aromatic N) is 4. The average Bonchev–Trinajstić information content (AvgIpc) is 2.89. The molecular formula is C26H32N4O4. The van der Waals surface area contributed by atoms with Crippen molar-refractivity contribution in [1.29, 1.82) is 0 Å². The smallest absolute Gasteiger partial charge is 0.270 e. The van der Waals surface area contributed by atoms with Crippen molar-refractivity contribution in [1.82, 2.24) is 9.80 Å². The van der Waals surface area contributed by atoms with Gasteiger partial charge in [-0.1, -0.05) is 30.3 Å². The lowest BCUT2D eigenvalue weighted by molar-refractivity contribution is -0.384. The number of nitro groups is 1. The van der Waals surface area contributed by atoms with Gasteiger partial charge in [-0.2, -0.15) is 0 Å². The molecule has 2 amide bonds. The second kappa shape index (κ2) is 11.1. The number of hydrogen-bond acceptors (Lipinski definition) is 5. The number of carbonyl (C=O) groups is 2. The number of piperidine rings is 1. The normalized spacial score (nSPS) is 16.4. The van der Waals surface area contributed by atoms with Crippen molar-refractivity contribution in [2.24, 2.45) is 0 Å². The average molecular weight is 465 g/mol. The van der Waals surface area contributed by atoms with Gasteiger partial charge in [0.2, 0.25) is 5.91 Å². The van der Waals surface area contributed by atoms with Gasteiger partial charge >= 0.3 is 0 Å². The zero-order valence-corrected chi connectivity index (χ0v) is 19.5. The van der Waals surface area contributed by atoms with Gasteiger partial charge in [0.15, 0.2) is 0 Å². The molecule has 0 aliphatic carbocycles. The summed E-state index contributed by atoms with van der Waals surface area (Å²) in [5.74, 6) is -0.0761. The van der Waals surface area contributed by atoms with Gasteiger partial charge in [-0.15, -0.1) is 0 Å². The Hall–Kier alpha value is -3.42. The van der Waals surface area contributed by atoms with Crippen LogP contribution in [0.2, 0.25) is 0 Å². The lowest BCUT2D eigenvalue weighted by Crippen LogP contribution is -2.50. The molecular weight excluding hydrogens is 432 g/mol. The summed E-state index contributed by atoms with van der Waals surface area (Å²) in [5, 5.41) is 11.4. The molecule has 0 radical (unpaired) electrons.